The molecule has 0 spiro atoms. The molecule has 1 atom stereocenters. The van der Waals surface area contributed by atoms with Crippen LogP contribution < -0.4 is 5.32 Å². The number of aliphatic imine (C=N–C) groups is 1. The third-order valence-electron chi connectivity index (χ3n) is 6.18. The van der Waals surface area contributed by atoms with Crippen molar-refractivity contribution in [1.29, 1.82) is 0 Å². The lowest BCUT2D eigenvalue weighted by Gasteiger charge is -2.18. The van der Waals surface area contributed by atoms with Crippen LogP contribution in [-0.4, -0.2) is 43.3 Å². The fourth-order valence-electron chi connectivity index (χ4n) is 4.02. The molecule has 0 aromatic carbocycles. The number of oxazole rings is 5. The summed E-state index contributed by atoms with van der Waals surface area (Å²) >= 11 is 0. The zero-order valence-corrected chi connectivity index (χ0v) is 23.1. The van der Waals surface area contributed by atoms with Gasteiger partial charge < -0.3 is 32.1 Å². The van der Waals surface area contributed by atoms with Crippen LogP contribution in [0.2, 0.25) is 0 Å². The van der Waals surface area contributed by atoms with Gasteiger partial charge in [-0.1, -0.05) is 26.5 Å². The lowest BCUT2D eigenvalue weighted by Crippen LogP contribution is -2.32. The fourth-order valence-corrected chi connectivity index (χ4v) is 4.02. The standard InChI is InChI=1S/C29H25N7O7/c1-5-7-22-31-19(12-39-22)27-32-17(8-9-38-27)25-33-18(11-41-25)24(37)36-23(15(3)4)29-35-21(14-43-29)28-34-20(13-42-28)26-30-16(6-2)10-40-26/h5-6,8,10-15,23H,1-2,7,9H2,3-4H3,(H,36,37). The third-order valence-corrected chi connectivity index (χ3v) is 6.18. The molecule has 1 aliphatic rings. The van der Waals surface area contributed by atoms with Crippen LogP contribution in [0.1, 0.15) is 59.4 Å². The summed E-state index contributed by atoms with van der Waals surface area (Å²) in [7, 11) is 0. The van der Waals surface area contributed by atoms with Gasteiger partial charge in [-0.2, -0.15) is 0 Å². The van der Waals surface area contributed by atoms with Crippen LogP contribution in [0.4, 0.5) is 0 Å². The number of amides is 1. The maximum absolute atomic E-state index is 13.2. The number of carbonyl (C=O) groups excluding carboxylic acids is 1. The predicted molar refractivity (Wildman–Crippen MR) is 150 cm³/mol. The van der Waals surface area contributed by atoms with Gasteiger partial charge in [0.15, 0.2) is 28.7 Å². The van der Waals surface area contributed by atoms with Crippen molar-refractivity contribution in [2.75, 3.05) is 6.61 Å². The Morgan fingerprint density at radius 1 is 0.884 bits per heavy atom. The van der Waals surface area contributed by atoms with E-state index >= 15 is 0 Å². The minimum Gasteiger partial charge on any atom is -0.472 e. The van der Waals surface area contributed by atoms with E-state index in [1.165, 1.54) is 31.3 Å². The van der Waals surface area contributed by atoms with Gasteiger partial charge in [-0.15, -0.1) is 6.58 Å². The van der Waals surface area contributed by atoms with E-state index in [-0.39, 0.29) is 47.7 Å². The van der Waals surface area contributed by atoms with Crippen LogP contribution in [0.3, 0.4) is 0 Å². The number of nitrogens with one attached hydrogen (secondary N) is 1. The SMILES string of the molecule is C=CCc1nc(C2=NC(c3nc(C(=O)NC(c4nc(-c5nc(-c6nc(C=C)co6)co5)co4)C(C)C)co3)=CCO2)co1. The van der Waals surface area contributed by atoms with E-state index in [9.17, 15) is 4.79 Å². The van der Waals surface area contributed by atoms with E-state index < -0.39 is 11.9 Å². The number of ether oxygens (including phenoxy) is 1. The highest BCUT2D eigenvalue weighted by Gasteiger charge is 2.27. The van der Waals surface area contributed by atoms with Gasteiger partial charge in [-0.3, -0.25) is 4.79 Å². The molecule has 0 radical (unpaired) electrons. The highest BCUT2D eigenvalue weighted by atomic mass is 16.5. The summed E-state index contributed by atoms with van der Waals surface area (Å²) < 4.78 is 33.2. The van der Waals surface area contributed by atoms with Crippen LogP contribution in [0.25, 0.3) is 34.9 Å². The van der Waals surface area contributed by atoms with Crippen molar-refractivity contribution < 1.29 is 31.6 Å². The van der Waals surface area contributed by atoms with Gasteiger partial charge in [-0.25, -0.2) is 29.9 Å². The van der Waals surface area contributed by atoms with E-state index in [1.54, 1.807) is 18.2 Å². The summed E-state index contributed by atoms with van der Waals surface area (Å²) in [5.41, 5.74) is 2.17. The summed E-state index contributed by atoms with van der Waals surface area (Å²) in [6.07, 6.45) is 12.4. The van der Waals surface area contributed by atoms with Crippen molar-refractivity contribution in [2.24, 2.45) is 10.9 Å². The second-order valence-electron chi connectivity index (χ2n) is 9.56. The third kappa shape index (κ3) is 5.70. The van der Waals surface area contributed by atoms with Gasteiger partial charge in [0, 0.05) is 6.42 Å². The predicted octanol–water partition coefficient (Wildman–Crippen LogP) is 5.28. The molecule has 0 saturated carbocycles. The number of allylic oxidation sites excluding steroid dienone is 1. The van der Waals surface area contributed by atoms with Crippen molar-refractivity contribution in [3.8, 4) is 23.2 Å². The minimum atomic E-state index is -0.596. The topological polar surface area (TPSA) is 181 Å². The lowest BCUT2D eigenvalue weighted by molar-refractivity contribution is 0.0911. The van der Waals surface area contributed by atoms with Gasteiger partial charge >= 0.3 is 0 Å². The van der Waals surface area contributed by atoms with Gasteiger partial charge in [0.25, 0.3) is 5.91 Å². The number of nitrogens with zero attached hydrogens (tertiary/aromatic N) is 6. The molecule has 5 aromatic rings. The first-order valence-electron chi connectivity index (χ1n) is 13.2. The van der Waals surface area contributed by atoms with Crippen LogP contribution >= 0.6 is 0 Å². The number of aromatic nitrogens is 5. The van der Waals surface area contributed by atoms with Crippen LogP contribution in [0.15, 0.2) is 83.7 Å². The quantitative estimate of drug-likeness (QED) is 0.199. The summed E-state index contributed by atoms with van der Waals surface area (Å²) in [5, 5.41) is 2.91. The minimum absolute atomic E-state index is 0.0495. The average molecular weight is 584 g/mol. The molecule has 1 amide bonds. The molecule has 0 bridgehead atoms. The Kier molecular flexibility index (Phi) is 7.39. The van der Waals surface area contributed by atoms with Crippen LogP contribution in [-0.2, 0) is 11.2 Å². The van der Waals surface area contributed by atoms with E-state index in [1.807, 2.05) is 13.8 Å². The molecule has 43 heavy (non-hydrogen) atoms. The van der Waals surface area contributed by atoms with E-state index in [0.717, 1.165) is 0 Å². The molecule has 14 nitrogen and oxygen atoms in total. The number of carbonyl (C=O) groups is 1. The maximum Gasteiger partial charge on any atom is 0.273 e. The Labute approximate surface area is 243 Å². The van der Waals surface area contributed by atoms with Crippen molar-refractivity contribution in [3.63, 3.8) is 0 Å². The summed E-state index contributed by atoms with van der Waals surface area (Å²) in [5.74, 6) is 1.04. The second kappa shape index (κ2) is 11.6. The van der Waals surface area contributed by atoms with Crippen LogP contribution in [0, 0.1) is 5.92 Å². The Bertz CT molecular complexity index is 1850. The first kappa shape index (κ1) is 27.4. The molecule has 1 unspecified atom stereocenters. The van der Waals surface area contributed by atoms with Gasteiger partial charge in [0.1, 0.15) is 55.4 Å². The summed E-state index contributed by atoms with van der Waals surface area (Å²) in [4.78, 5) is 39.4. The van der Waals surface area contributed by atoms with Crippen LogP contribution in [0.5, 0.6) is 0 Å². The highest BCUT2D eigenvalue weighted by molar-refractivity contribution is 5.97. The fraction of sp³-hybridized carbons (Fsp3) is 0.207. The first-order valence-corrected chi connectivity index (χ1v) is 13.2. The van der Waals surface area contributed by atoms with Gasteiger partial charge in [0.2, 0.25) is 29.5 Å². The molecule has 14 heteroatoms. The molecule has 1 N–H and O–H groups in total. The van der Waals surface area contributed by atoms with Gasteiger partial charge in [0.05, 0.1) is 0 Å². The van der Waals surface area contributed by atoms with Crippen molar-refractivity contribution >= 4 is 23.6 Å². The molecule has 6 heterocycles. The van der Waals surface area contributed by atoms with Crippen molar-refractivity contribution in [3.05, 3.63) is 91.4 Å². The molecule has 6 rings (SSSR count). The summed E-state index contributed by atoms with van der Waals surface area (Å²) in [6, 6.07) is -0.596. The number of hydrogen-bond donors (Lipinski definition) is 1. The number of rotatable bonds is 11. The molecular weight excluding hydrogens is 558 g/mol. The Balaban J connectivity index is 1.15. The van der Waals surface area contributed by atoms with Crippen molar-refractivity contribution in [2.45, 2.75) is 26.3 Å². The first-order chi connectivity index (χ1) is 20.9. The largest absolute Gasteiger partial charge is 0.472 e. The number of hydrogen-bond acceptors (Lipinski definition) is 13. The molecule has 0 aliphatic carbocycles. The molecule has 0 fully saturated rings. The smallest absolute Gasteiger partial charge is 0.273 e. The van der Waals surface area contributed by atoms with Gasteiger partial charge in [-0.05, 0) is 18.1 Å². The Morgan fingerprint density at radius 3 is 2.42 bits per heavy atom. The molecular formula is C29H25N7O7. The normalized spacial score (nSPS) is 13.7. The monoisotopic (exact) mass is 583 g/mol. The van der Waals surface area contributed by atoms with E-state index in [0.29, 0.717) is 40.8 Å². The average Bonchev–Trinajstić information content (AvgIpc) is 3.85. The van der Waals surface area contributed by atoms with E-state index in [2.05, 4.69) is 48.4 Å². The zero-order chi connectivity index (χ0) is 29.9. The summed E-state index contributed by atoms with van der Waals surface area (Å²) in [6.45, 7) is 11.4. The zero-order valence-electron chi connectivity index (χ0n) is 23.1. The molecule has 218 valence electrons. The Morgan fingerprint density at radius 2 is 1.63 bits per heavy atom. The molecule has 0 saturated heterocycles. The maximum atomic E-state index is 13.2. The highest BCUT2D eigenvalue weighted by Crippen LogP contribution is 2.28. The molecule has 5 aromatic heterocycles. The van der Waals surface area contributed by atoms with E-state index in [4.69, 9.17) is 26.8 Å². The Hall–Kier alpha value is -5.79. The molecule has 1 aliphatic heterocycles. The van der Waals surface area contributed by atoms with Crippen molar-refractivity contribution in [1.82, 2.24) is 30.2 Å². The lowest BCUT2D eigenvalue weighted by atomic mass is 10.0. The second-order valence-corrected chi connectivity index (χ2v) is 9.56.